The van der Waals surface area contributed by atoms with Crippen LogP contribution in [0.3, 0.4) is 0 Å². The molecule has 0 fully saturated rings. The molecule has 2 aromatic heterocycles. The summed E-state index contributed by atoms with van der Waals surface area (Å²) in [6, 6.07) is 21.7. The van der Waals surface area contributed by atoms with Crippen LogP contribution in [-0.2, 0) is 11.3 Å². The van der Waals surface area contributed by atoms with Crippen LogP contribution in [0.25, 0.3) is 16.7 Å². The van der Waals surface area contributed by atoms with Gasteiger partial charge in [0.2, 0.25) is 11.7 Å². The van der Waals surface area contributed by atoms with Gasteiger partial charge in [-0.25, -0.2) is 0 Å². The first-order chi connectivity index (χ1) is 17.5. The molecule has 0 spiro atoms. The van der Waals surface area contributed by atoms with E-state index in [0.29, 0.717) is 44.1 Å². The molecule has 1 atom stereocenters. The number of amides is 1. The fourth-order valence-electron chi connectivity index (χ4n) is 4.08. The summed E-state index contributed by atoms with van der Waals surface area (Å²) in [6.07, 6.45) is 0.764. The molecule has 0 radical (unpaired) electrons. The lowest BCUT2D eigenvalue weighted by atomic mass is 10.1. The molecule has 0 aliphatic rings. The van der Waals surface area contributed by atoms with E-state index >= 15 is 0 Å². The SMILES string of the molecule is CCCn1c(=O)c2ccccc2n2c(SC(C(=O)Nc3cc(Cl)cc(Cl)c3)c3ccccc3)nnc12. The molecule has 2 heterocycles. The maximum absolute atomic E-state index is 13.6. The van der Waals surface area contributed by atoms with Crippen LogP contribution >= 0.6 is 35.0 Å². The van der Waals surface area contributed by atoms with Gasteiger partial charge in [0.15, 0.2) is 5.16 Å². The number of hydrogen-bond donors (Lipinski definition) is 1. The van der Waals surface area contributed by atoms with Crippen LogP contribution in [-0.4, -0.2) is 25.1 Å². The standard InChI is InChI=1S/C26H21Cl2N5O2S/c1-2-12-32-24(35)20-10-6-7-11-21(20)33-25(32)30-31-26(33)36-22(16-8-4-3-5-9-16)23(34)29-19-14-17(27)13-18(28)15-19/h3-11,13-15,22H,2,12H2,1H3,(H,29,34). The maximum Gasteiger partial charge on any atom is 0.262 e. The molecule has 182 valence electrons. The fourth-order valence-corrected chi connectivity index (χ4v) is 5.64. The van der Waals surface area contributed by atoms with Crippen LogP contribution in [0.1, 0.15) is 24.2 Å². The Morgan fingerprint density at radius 3 is 2.42 bits per heavy atom. The van der Waals surface area contributed by atoms with E-state index in [9.17, 15) is 9.59 Å². The zero-order valence-electron chi connectivity index (χ0n) is 19.2. The summed E-state index contributed by atoms with van der Waals surface area (Å²) < 4.78 is 3.47. The zero-order chi connectivity index (χ0) is 25.2. The van der Waals surface area contributed by atoms with Crippen LogP contribution < -0.4 is 10.9 Å². The molecule has 5 rings (SSSR count). The molecule has 36 heavy (non-hydrogen) atoms. The van der Waals surface area contributed by atoms with Crippen molar-refractivity contribution in [1.29, 1.82) is 0 Å². The monoisotopic (exact) mass is 537 g/mol. The van der Waals surface area contributed by atoms with E-state index in [1.165, 1.54) is 11.8 Å². The van der Waals surface area contributed by atoms with Crippen molar-refractivity contribution >= 4 is 63.2 Å². The third-order valence-electron chi connectivity index (χ3n) is 5.62. The van der Waals surface area contributed by atoms with Crippen molar-refractivity contribution in [1.82, 2.24) is 19.2 Å². The second-order valence-electron chi connectivity index (χ2n) is 8.15. The van der Waals surface area contributed by atoms with E-state index in [-0.39, 0.29) is 11.5 Å². The second-order valence-corrected chi connectivity index (χ2v) is 10.1. The molecule has 1 N–H and O–H groups in total. The average Bonchev–Trinajstić information content (AvgIpc) is 3.28. The molecule has 0 aliphatic heterocycles. The van der Waals surface area contributed by atoms with Gasteiger partial charge in [0, 0.05) is 22.3 Å². The number of thioether (sulfide) groups is 1. The van der Waals surface area contributed by atoms with Crippen LogP contribution in [0.4, 0.5) is 5.69 Å². The van der Waals surface area contributed by atoms with Gasteiger partial charge in [0.1, 0.15) is 5.25 Å². The molecule has 5 aromatic rings. The van der Waals surface area contributed by atoms with Crippen molar-refractivity contribution in [2.75, 3.05) is 5.32 Å². The fraction of sp³-hybridized carbons (Fsp3) is 0.154. The van der Waals surface area contributed by atoms with Crippen molar-refractivity contribution in [3.63, 3.8) is 0 Å². The Morgan fingerprint density at radius 2 is 1.69 bits per heavy atom. The third kappa shape index (κ3) is 4.72. The quantitative estimate of drug-likeness (QED) is 0.249. The summed E-state index contributed by atoms with van der Waals surface area (Å²) in [5.41, 5.74) is 1.86. The number of carbonyl (C=O) groups excluding carboxylic acids is 1. The molecule has 0 saturated heterocycles. The number of carbonyl (C=O) groups is 1. The number of aryl methyl sites for hydroxylation is 1. The second kappa shape index (κ2) is 10.3. The Morgan fingerprint density at radius 1 is 1.00 bits per heavy atom. The summed E-state index contributed by atoms with van der Waals surface area (Å²) in [5, 5.41) is 12.9. The highest BCUT2D eigenvalue weighted by atomic mass is 35.5. The first-order valence-electron chi connectivity index (χ1n) is 11.3. The number of fused-ring (bicyclic) bond motifs is 3. The molecule has 0 aliphatic carbocycles. The van der Waals surface area contributed by atoms with Gasteiger partial charge >= 0.3 is 0 Å². The van der Waals surface area contributed by atoms with Crippen molar-refractivity contribution < 1.29 is 4.79 Å². The van der Waals surface area contributed by atoms with Crippen LogP contribution in [0.15, 0.2) is 82.7 Å². The lowest BCUT2D eigenvalue weighted by molar-refractivity contribution is -0.115. The molecule has 1 amide bonds. The van der Waals surface area contributed by atoms with Gasteiger partial charge in [0.05, 0.1) is 10.9 Å². The number of benzene rings is 3. The average molecular weight is 538 g/mol. The van der Waals surface area contributed by atoms with E-state index in [1.54, 1.807) is 28.8 Å². The maximum atomic E-state index is 13.6. The van der Waals surface area contributed by atoms with E-state index in [2.05, 4.69) is 15.5 Å². The number of aromatic nitrogens is 4. The molecule has 0 bridgehead atoms. The molecular formula is C26H21Cl2N5O2S. The molecular weight excluding hydrogens is 517 g/mol. The van der Waals surface area contributed by atoms with Gasteiger partial charge in [-0.1, -0.05) is 84.4 Å². The van der Waals surface area contributed by atoms with Crippen molar-refractivity contribution in [3.05, 3.63) is 98.8 Å². The predicted molar refractivity (Wildman–Crippen MR) is 145 cm³/mol. The summed E-state index contributed by atoms with van der Waals surface area (Å²) in [6.45, 7) is 2.51. The van der Waals surface area contributed by atoms with Crippen molar-refractivity contribution in [3.8, 4) is 0 Å². The Labute approximate surface area is 221 Å². The van der Waals surface area contributed by atoms with E-state index in [0.717, 1.165) is 12.0 Å². The van der Waals surface area contributed by atoms with Crippen molar-refractivity contribution in [2.24, 2.45) is 0 Å². The zero-order valence-corrected chi connectivity index (χ0v) is 21.5. The number of halogens is 2. The predicted octanol–water partition coefficient (Wildman–Crippen LogP) is 6.23. The molecule has 0 saturated carbocycles. The summed E-state index contributed by atoms with van der Waals surface area (Å²) in [7, 11) is 0. The van der Waals surface area contributed by atoms with Crippen LogP contribution in [0.2, 0.25) is 10.0 Å². The minimum Gasteiger partial charge on any atom is -0.325 e. The first-order valence-corrected chi connectivity index (χ1v) is 12.9. The minimum atomic E-state index is -0.665. The van der Waals surface area contributed by atoms with Crippen LogP contribution in [0, 0.1) is 0 Å². The lowest BCUT2D eigenvalue weighted by Crippen LogP contribution is -2.23. The lowest BCUT2D eigenvalue weighted by Gasteiger charge is -2.17. The Bertz CT molecular complexity index is 1610. The van der Waals surface area contributed by atoms with Gasteiger partial charge in [0.25, 0.3) is 5.56 Å². The Balaban J connectivity index is 1.61. The van der Waals surface area contributed by atoms with Gasteiger partial charge in [-0.05, 0) is 42.3 Å². The smallest absolute Gasteiger partial charge is 0.262 e. The summed E-state index contributed by atoms with van der Waals surface area (Å²) in [4.78, 5) is 26.7. The van der Waals surface area contributed by atoms with Gasteiger partial charge in [-0.3, -0.25) is 18.6 Å². The molecule has 7 nitrogen and oxygen atoms in total. The van der Waals surface area contributed by atoms with E-state index in [4.69, 9.17) is 23.2 Å². The summed E-state index contributed by atoms with van der Waals surface area (Å²) in [5.74, 6) is 0.171. The topological polar surface area (TPSA) is 81.3 Å². The number of hydrogen-bond acceptors (Lipinski definition) is 5. The van der Waals surface area contributed by atoms with Gasteiger partial charge in [-0.15, -0.1) is 10.2 Å². The van der Waals surface area contributed by atoms with Crippen LogP contribution in [0.5, 0.6) is 0 Å². The number of nitrogens with zero attached hydrogens (tertiary/aromatic N) is 4. The van der Waals surface area contributed by atoms with E-state index in [1.807, 2.05) is 59.9 Å². The number of para-hydroxylation sites is 1. The van der Waals surface area contributed by atoms with Crippen molar-refractivity contribution in [2.45, 2.75) is 30.3 Å². The molecule has 10 heteroatoms. The Hall–Kier alpha value is -3.33. The number of rotatable bonds is 7. The normalized spacial score (nSPS) is 12.2. The van der Waals surface area contributed by atoms with Gasteiger partial charge in [-0.2, -0.15) is 0 Å². The number of anilines is 1. The first kappa shape index (κ1) is 24.4. The minimum absolute atomic E-state index is 0.112. The largest absolute Gasteiger partial charge is 0.325 e. The highest BCUT2D eigenvalue weighted by Crippen LogP contribution is 2.36. The highest BCUT2D eigenvalue weighted by Gasteiger charge is 2.26. The summed E-state index contributed by atoms with van der Waals surface area (Å²) >= 11 is 13.5. The van der Waals surface area contributed by atoms with Gasteiger partial charge < -0.3 is 5.32 Å². The van der Waals surface area contributed by atoms with E-state index < -0.39 is 5.25 Å². The molecule has 3 aromatic carbocycles. The molecule has 1 unspecified atom stereocenters. The number of nitrogens with one attached hydrogen (secondary N) is 1. The Kier molecular flexibility index (Phi) is 7.00. The highest BCUT2D eigenvalue weighted by molar-refractivity contribution is 8.00. The third-order valence-corrected chi connectivity index (χ3v) is 7.25.